The van der Waals surface area contributed by atoms with Crippen LogP contribution in [0.2, 0.25) is 5.02 Å². The molecule has 1 fully saturated rings. The summed E-state index contributed by atoms with van der Waals surface area (Å²) in [5, 5.41) is 3.09. The van der Waals surface area contributed by atoms with Crippen molar-refractivity contribution in [2.24, 2.45) is 0 Å². The SMILES string of the molecule is CN(Cc1ccccn1)C(=O)c1cc(N2CCNC2=O)ccc1Cl. The van der Waals surface area contributed by atoms with E-state index in [0.717, 1.165) is 5.69 Å². The molecule has 0 spiro atoms. The summed E-state index contributed by atoms with van der Waals surface area (Å²) in [6, 6.07) is 10.4. The molecule has 0 radical (unpaired) electrons. The molecule has 0 bridgehead atoms. The first-order valence-electron chi connectivity index (χ1n) is 7.56. The zero-order valence-corrected chi connectivity index (χ0v) is 14.0. The zero-order chi connectivity index (χ0) is 17.1. The maximum atomic E-state index is 12.7. The second-order valence-corrected chi connectivity index (χ2v) is 5.94. The van der Waals surface area contributed by atoms with Crippen LogP contribution < -0.4 is 10.2 Å². The Morgan fingerprint density at radius 2 is 2.21 bits per heavy atom. The Balaban J connectivity index is 1.82. The molecule has 3 rings (SSSR count). The summed E-state index contributed by atoms with van der Waals surface area (Å²) >= 11 is 6.20. The number of aromatic nitrogens is 1. The standard InChI is InChI=1S/C17H17ClN4O2/c1-21(11-12-4-2-3-7-19-12)16(23)14-10-13(5-6-15(14)18)22-9-8-20-17(22)24/h2-7,10H,8-9,11H2,1H3,(H,20,24). The minimum absolute atomic E-state index is 0.169. The number of carbonyl (C=O) groups is 2. The molecule has 1 aliphatic heterocycles. The third kappa shape index (κ3) is 3.33. The molecule has 3 amide bonds. The number of halogens is 1. The van der Waals surface area contributed by atoms with Gasteiger partial charge >= 0.3 is 6.03 Å². The predicted molar refractivity (Wildman–Crippen MR) is 92.2 cm³/mol. The molecule has 7 heteroatoms. The summed E-state index contributed by atoms with van der Waals surface area (Å²) < 4.78 is 0. The van der Waals surface area contributed by atoms with E-state index in [-0.39, 0.29) is 11.9 Å². The molecule has 2 heterocycles. The Kier molecular flexibility index (Phi) is 4.66. The Morgan fingerprint density at radius 3 is 2.88 bits per heavy atom. The van der Waals surface area contributed by atoms with Gasteiger partial charge in [-0.05, 0) is 30.3 Å². The summed E-state index contributed by atoms with van der Waals surface area (Å²) in [5.74, 6) is -0.216. The van der Waals surface area contributed by atoms with E-state index in [1.54, 1.807) is 41.2 Å². The molecule has 0 atom stereocenters. The molecule has 24 heavy (non-hydrogen) atoms. The van der Waals surface area contributed by atoms with E-state index >= 15 is 0 Å². The number of rotatable bonds is 4. The highest BCUT2D eigenvalue weighted by atomic mass is 35.5. The van der Waals surface area contributed by atoms with Crippen molar-refractivity contribution in [2.75, 3.05) is 25.0 Å². The molecule has 1 saturated heterocycles. The largest absolute Gasteiger partial charge is 0.336 e. The third-order valence-electron chi connectivity index (χ3n) is 3.82. The van der Waals surface area contributed by atoms with Crippen LogP contribution in [0.1, 0.15) is 16.1 Å². The van der Waals surface area contributed by atoms with Gasteiger partial charge in [-0.3, -0.25) is 14.7 Å². The van der Waals surface area contributed by atoms with Gasteiger partial charge in [0.25, 0.3) is 5.91 Å². The molecule has 0 aliphatic carbocycles. The third-order valence-corrected chi connectivity index (χ3v) is 4.15. The molecule has 124 valence electrons. The van der Waals surface area contributed by atoms with E-state index in [4.69, 9.17) is 11.6 Å². The normalized spacial score (nSPS) is 13.8. The summed E-state index contributed by atoms with van der Waals surface area (Å²) in [6.45, 7) is 1.53. The van der Waals surface area contributed by atoms with Crippen molar-refractivity contribution >= 4 is 29.2 Å². The van der Waals surface area contributed by atoms with Crippen LogP contribution in [0.5, 0.6) is 0 Å². The number of pyridine rings is 1. The molecule has 1 aromatic heterocycles. The summed E-state index contributed by atoms with van der Waals surface area (Å²) in [4.78, 5) is 31.9. The van der Waals surface area contributed by atoms with Gasteiger partial charge in [-0.15, -0.1) is 0 Å². The van der Waals surface area contributed by atoms with Crippen molar-refractivity contribution < 1.29 is 9.59 Å². The van der Waals surface area contributed by atoms with E-state index in [0.29, 0.717) is 35.9 Å². The first-order chi connectivity index (χ1) is 11.6. The molecular weight excluding hydrogens is 328 g/mol. The van der Waals surface area contributed by atoms with Crippen LogP contribution in [-0.4, -0.2) is 42.0 Å². The molecule has 0 saturated carbocycles. The molecule has 1 aromatic carbocycles. The van der Waals surface area contributed by atoms with E-state index in [2.05, 4.69) is 10.3 Å². The van der Waals surface area contributed by atoms with Crippen LogP contribution in [0.15, 0.2) is 42.6 Å². The first kappa shape index (κ1) is 16.3. The van der Waals surface area contributed by atoms with Crippen molar-refractivity contribution in [2.45, 2.75) is 6.54 Å². The number of amides is 3. The number of urea groups is 1. The Hall–Kier alpha value is -2.60. The van der Waals surface area contributed by atoms with Gasteiger partial charge in [0.05, 0.1) is 22.8 Å². The number of nitrogens with one attached hydrogen (secondary N) is 1. The monoisotopic (exact) mass is 344 g/mol. The number of anilines is 1. The van der Waals surface area contributed by atoms with Gasteiger partial charge in [0, 0.05) is 32.0 Å². The van der Waals surface area contributed by atoms with E-state index in [1.165, 1.54) is 0 Å². The highest BCUT2D eigenvalue weighted by Gasteiger charge is 2.23. The van der Waals surface area contributed by atoms with Crippen LogP contribution in [0, 0.1) is 0 Å². The lowest BCUT2D eigenvalue weighted by Crippen LogP contribution is -2.29. The highest BCUT2D eigenvalue weighted by molar-refractivity contribution is 6.34. The lowest BCUT2D eigenvalue weighted by atomic mass is 10.1. The van der Waals surface area contributed by atoms with Gasteiger partial charge in [-0.2, -0.15) is 0 Å². The number of hydrogen-bond acceptors (Lipinski definition) is 3. The van der Waals surface area contributed by atoms with Crippen LogP contribution >= 0.6 is 11.6 Å². The van der Waals surface area contributed by atoms with Crippen molar-refractivity contribution in [3.63, 3.8) is 0 Å². The second-order valence-electron chi connectivity index (χ2n) is 5.53. The first-order valence-corrected chi connectivity index (χ1v) is 7.94. The Morgan fingerprint density at radius 1 is 1.38 bits per heavy atom. The van der Waals surface area contributed by atoms with E-state index in [1.807, 2.05) is 18.2 Å². The van der Waals surface area contributed by atoms with Gasteiger partial charge in [-0.25, -0.2) is 4.79 Å². The molecule has 6 nitrogen and oxygen atoms in total. The predicted octanol–water partition coefficient (Wildman–Crippen LogP) is 2.54. The Labute approximate surface area is 145 Å². The number of hydrogen-bond donors (Lipinski definition) is 1. The van der Waals surface area contributed by atoms with Gasteiger partial charge in [-0.1, -0.05) is 17.7 Å². The lowest BCUT2D eigenvalue weighted by Gasteiger charge is -2.20. The minimum atomic E-state index is -0.216. The van der Waals surface area contributed by atoms with Gasteiger partial charge in [0.2, 0.25) is 0 Å². The van der Waals surface area contributed by atoms with Gasteiger partial charge in [0.1, 0.15) is 0 Å². The number of carbonyl (C=O) groups excluding carboxylic acids is 2. The highest BCUT2D eigenvalue weighted by Crippen LogP contribution is 2.25. The fraction of sp³-hybridized carbons (Fsp3) is 0.235. The quantitative estimate of drug-likeness (QED) is 0.927. The fourth-order valence-corrected chi connectivity index (χ4v) is 2.77. The van der Waals surface area contributed by atoms with Crippen molar-refractivity contribution in [1.29, 1.82) is 0 Å². The topological polar surface area (TPSA) is 65.5 Å². The van der Waals surface area contributed by atoms with Gasteiger partial charge < -0.3 is 10.2 Å². The maximum Gasteiger partial charge on any atom is 0.321 e. The average Bonchev–Trinajstić information content (AvgIpc) is 3.01. The van der Waals surface area contributed by atoms with Crippen molar-refractivity contribution in [3.05, 3.63) is 58.9 Å². The smallest absolute Gasteiger partial charge is 0.321 e. The fourth-order valence-electron chi connectivity index (χ4n) is 2.58. The summed E-state index contributed by atoms with van der Waals surface area (Å²) in [6.07, 6.45) is 1.69. The molecular formula is C17H17ClN4O2. The van der Waals surface area contributed by atoms with Crippen molar-refractivity contribution in [3.8, 4) is 0 Å². The molecule has 2 aromatic rings. The molecule has 0 unspecified atom stereocenters. The average molecular weight is 345 g/mol. The minimum Gasteiger partial charge on any atom is -0.336 e. The van der Waals surface area contributed by atoms with Crippen LogP contribution in [0.3, 0.4) is 0 Å². The number of nitrogens with zero attached hydrogens (tertiary/aromatic N) is 3. The van der Waals surface area contributed by atoms with Crippen molar-refractivity contribution in [1.82, 2.24) is 15.2 Å². The van der Waals surface area contributed by atoms with Crippen LogP contribution in [-0.2, 0) is 6.54 Å². The van der Waals surface area contributed by atoms with E-state index in [9.17, 15) is 9.59 Å². The lowest BCUT2D eigenvalue weighted by molar-refractivity contribution is 0.0783. The van der Waals surface area contributed by atoms with E-state index < -0.39 is 0 Å². The maximum absolute atomic E-state index is 12.7. The molecule has 1 N–H and O–H groups in total. The number of benzene rings is 1. The summed E-state index contributed by atoms with van der Waals surface area (Å²) in [7, 11) is 1.70. The van der Waals surface area contributed by atoms with Crippen LogP contribution in [0.4, 0.5) is 10.5 Å². The zero-order valence-electron chi connectivity index (χ0n) is 13.2. The van der Waals surface area contributed by atoms with Gasteiger partial charge in [0.15, 0.2) is 0 Å². The van der Waals surface area contributed by atoms with Crippen LogP contribution in [0.25, 0.3) is 0 Å². The second kappa shape index (κ2) is 6.88. The molecule has 1 aliphatic rings. The Bertz CT molecular complexity index is 766. The summed E-state index contributed by atoms with van der Waals surface area (Å²) in [5.41, 5.74) is 1.82.